The highest BCUT2D eigenvalue weighted by Gasteiger charge is 2.28. The Morgan fingerprint density at radius 1 is 1.00 bits per heavy atom. The van der Waals surface area contributed by atoms with E-state index in [0.717, 1.165) is 11.1 Å². The van der Waals surface area contributed by atoms with E-state index in [1.165, 1.54) is 0 Å². The van der Waals surface area contributed by atoms with Crippen molar-refractivity contribution in [3.8, 4) is 0 Å². The molecule has 0 aliphatic carbocycles. The molecule has 0 aliphatic heterocycles. The summed E-state index contributed by atoms with van der Waals surface area (Å²) < 4.78 is 0. The van der Waals surface area contributed by atoms with Crippen LogP contribution in [-0.4, -0.2) is 29.3 Å². The zero-order valence-corrected chi connectivity index (χ0v) is 17.1. The Morgan fingerprint density at radius 3 is 2.30 bits per heavy atom. The fourth-order valence-corrected chi connectivity index (χ4v) is 3.24. The summed E-state index contributed by atoms with van der Waals surface area (Å²) in [5.74, 6) is -0.270. The van der Waals surface area contributed by atoms with Gasteiger partial charge < -0.3 is 10.2 Å². The lowest BCUT2D eigenvalue weighted by molar-refractivity contribution is -0.140. The Balaban J connectivity index is 2.27. The molecule has 1 N–H and O–H groups in total. The van der Waals surface area contributed by atoms with E-state index in [0.29, 0.717) is 29.6 Å². The minimum Gasteiger partial charge on any atom is -0.355 e. The number of nitrogens with zero attached hydrogens (tertiary/aromatic N) is 1. The number of carbonyl (C=O) groups is 2. The molecule has 0 unspecified atom stereocenters. The van der Waals surface area contributed by atoms with Crippen molar-refractivity contribution in [2.24, 2.45) is 0 Å². The minimum atomic E-state index is -0.527. The quantitative estimate of drug-likeness (QED) is 0.702. The molecule has 0 bridgehead atoms. The lowest BCUT2D eigenvalue weighted by Gasteiger charge is -2.30. The van der Waals surface area contributed by atoms with Crippen LogP contribution in [0.25, 0.3) is 0 Å². The Labute approximate surface area is 170 Å². The lowest BCUT2D eigenvalue weighted by Crippen LogP contribution is -2.49. The molecule has 2 aromatic carbocycles. The molecule has 2 rings (SSSR count). The van der Waals surface area contributed by atoms with E-state index in [4.69, 9.17) is 23.2 Å². The Morgan fingerprint density at radius 2 is 1.70 bits per heavy atom. The summed E-state index contributed by atoms with van der Waals surface area (Å²) in [7, 11) is 0. The number of halogens is 2. The van der Waals surface area contributed by atoms with Crippen LogP contribution in [0.1, 0.15) is 31.4 Å². The Hall–Kier alpha value is -2.04. The van der Waals surface area contributed by atoms with E-state index in [2.05, 4.69) is 5.32 Å². The van der Waals surface area contributed by atoms with Gasteiger partial charge in [-0.2, -0.15) is 0 Å². The van der Waals surface area contributed by atoms with Crippen molar-refractivity contribution < 1.29 is 9.59 Å². The van der Waals surface area contributed by atoms with Gasteiger partial charge in [0.25, 0.3) is 0 Å². The van der Waals surface area contributed by atoms with Gasteiger partial charge in [0.15, 0.2) is 0 Å². The number of amides is 2. The molecule has 0 heterocycles. The van der Waals surface area contributed by atoms with Crippen molar-refractivity contribution in [2.75, 3.05) is 6.54 Å². The van der Waals surface area contributed by atoms with Gasteiger partial charge in [-0.1, -0.05) is 66.5 Å². The largest absolute Gasteiger partial charge is 0.355 e. The molecule has 0 saturated carbocycles. The molecule has 0 spiro atoms. The van der Waals surface area contributed by atoms with E-state index in [1.54, 1.807) is 23.1 Å². The van der Waals surface area contributed by atoms with Crippen molar-refractivity contribution in [3.63, 3.8) is 0 Å². The predicted molar refractivity (Wildman–Crippen MR) is 110 cm³/mol. The van der Waals surface area contributed by atoms with Crippen molar-refractivity contribution in [1.82, 2.24) is 10.2 Å². The molecule has 0 aromatic heterocycles. The molecule has 4 nitrogen and oxygen atoms in total. The summed E-state index contributed by atoms with van der Waals surface area (Å²) in [5.41, 5.74) is 1.74. The number of hydrogen-bond donors (Lipinski definition) is 1. The molecular weight excluding hydrogens is 383 g/mol. The zero-order chi connectivity index (χ0) is 19.8. The van der Waals surface area contributed by atoms with Crippen LogP contribution in [0.5, 0.6) is 0 Å². The summed E-state index contributed by atoms with van der Waals surface area (Å²) in [6, 6.07) is 14.3. The molecule has 6 heteroatoms. The molecule has 2 amide bonds. The topological polar surface area (TPSA) is 49.4 Å². The molecule has 0 saturated heterocycles. The van der Waals surface area contributed by atoms with Gasteiger partial charge in [-0.3, -0.25) is 9.59 Å². The van der Waals surface area contributed by atoms with Gasteiger partial charge in [0.1, 0.15) is 6.04 Å². The first-order valence-corrected chi connectivity index (χ1v) is 9.76. The zero-order valence-electron chi connectivity index (χ0n) is 15.5. The highest BCUT2D eigenvalue weighted by atomic mass is 35.5. The van der Waals surface area contributed by atoms with Crippen LogP contribution in [0.2, 0.25) is 10.0 Å². The standard InChI is InChI=1S/C21H24Cl2N2O2/c1-3-19(21(27)24-4-2)25(14-15-8-6-5-7-9-15)20(26)13-16-10-11-17(22)18(23)12-16/h5-12,19H,3-4,13-14H2,1-2H3,(H,24,27)/t19-/m1/s1. The fraction of sp³-hybridized carbons (Fsp3) is 0.333. The maximum atomic E-state index is 13.1. The van der Waals surface area contributed by atoms with Crippen molar-refractivity contribution in [1.29, 1.82) is 0 Å². The molecule has 0 fully saturated rings. The third-order valence-electron chi connectivity index (χ3n) is 4.27. The summed E-state index contributed by atoms with van der Waals surface area (Å²) in [4.78, 5) is 27.3. The summed E-state index contributed by atoms with van der Waals surface area (Å²) in [5, 5.41) is 3.68. The molecule has 1 atom stereocenters. The Bertz CT molecular complexity index is 781. The van der Waals surface area contributed by atoms with Gasteiger partial charge in [0.2, 0.25) is 11.8 Å². The third-order valence-corrected chi connectivity index (χ3v) is 5.01. The summed E-state index contributed by atoms with van der Waals surface area (Å²) in [6.07, 6.45) is 0.686. The number of carbonyl (C=O) groups excluding carboxylic acids is 2. The average Bonchev–Trinajstić information content (AvgIpc) is 2.65. The summed E-state index contributed by atoms with van der Waals surface area (Å²) >= 11 is 12.0. The van der Waals surface area contributed by atoms with Crippen LogP contribution < -0.4 is 5.32 Å². The fourth-order valence-electron chi connectivity index (χ4n) is 2.92. The minimum absolute atomic E-state index is 0.129. The summed E-state index contributed by atoms with van der Waals surface area (Å²) in [6.45, 7) is 4.67. The van der Waals surface area contributed by atoms with Crippen LogP contribution in [-0.2, 0) is 22.6 Å². The first-order valence-electron chi connectivity index (χ1n) is 9.01. The van der Waals surface area contributed by atoms with E-state index >= 15 is 0 Å². The van der Waals surface area contributed by atoms with Gasteiger partial charge in [-0.05, 0) is 36.6 Å². The second kappa shape index (κ2) is 10.3. The van der Waals surface area contributed by atoms with Crippen LogP contribution in [0.15, 0.2) is 48.5 Å². The predicted octanol–water partition coefficient (Wildman–Crippen LogP) is 4.48. The maximum absolute atomic E-state index is 13.1. The van der Waals surface area contributed by atoms with Crippen LogP contribution in [0.4, 0.5) is 0 Å². The number of hydrogen-bond acceptors (Lipinski definition) is 2. The van der Waals surface area contributed by atoms with Gasteiger partial charge >= 0.3 is 0 Å². The normalized spacial score (nSPS) is 11.7. The van der Waals surface area contributed by atoms with Crippen LogP contribution >= 0.6 is 23.2 Å². The van der Waals surface area contributed by atoms with Crippen LogP contribution in [0, 0.1) is 0 Å². The molecule has 2 aromatic rings. The smallest absolute Gasteiger partial charge is 0.242 e. The average molecular weight is 407 g/mol. The Kier molecular flexibility index (Phi) is 8.14. The second-order valence-corrected chi connectivity index (χ2v) is 7.07. The maximum Gasteiger partial charge on any atom is 0.242 e. The number of benzene rings is 2. The highest BCUT2D eigenvalue weighted by Crippen LogP contribution is 2.23. The molecular formula is C21H24Cl2N2O2. The number of nitrogens with one attached hydrogen (secondary N) is 1. The van der Waals surface area contributed by atoms with Gasteiger partial charge in [-0.25, -0.2) is 0 Å². The number of likely N-dealkylation sites (N-methyl/N-ethyl adjacent to an activating group) is 1. The van der Waals surface area contributed by atoms with Crippen molar-refractivity contribution >= 4 is 35.0 Å². The lowest BCUT2D eigenvalue weighted by atomic mass is 10.1. The van der Waals surface area contributed by atoms with E-state index in [1.807, 2.05) is 44.2 Å². The second-order valence-electron chi connectivity index (χ2n) is 6.25. The first kappa shape index (κ1) is 21.3. The van der Waals surface area contributed by atoms with E-state index < -0.39 is 6.04 Å². The van der Waals surface area contributed by atoms with Gasteiger partial charge in [-0.15, -0.1) is 0 Å². The first-order chi connectivity index (χ1) is 13.0. The molecule has 144 valence electrons. The SMILES string of the molecule is CCNC(=O)[C@@H](CC)N(Cc1ccccc1)C(=O)Cc1ccc(Cl)c(Cl)c1. The monoisotopic (exact) mass is 406 g/mol. The van der Waals surface area contributed by atoms with Gasteiger partial charge in [0.05, 0.1) is 16.5 Å². The molecule has 27 heavy (non-hydrogen) atoms. The van der Waals surface area contributed by atoms with Gasteiger partial charge in [0, 0.05) is 13.1 Å². The third kappa shape index (κ3) is 5.98. The van der Waals surface area contributed by atoms with Crippen molar-refractivity contribution in [2.45, 2.75) is 39.3 Å². The molecule has 0 aliphatic rings. The number of rotatable bonds is 8. The van der Waals surface area contributed by atoms with Crippen LogP contribution in [0.3, 0.4) is 0 Å². The van der Waals surface area contributed by atoms with E-state index in [9.17, 15) is 9.59 Å². The van der Waals surface area contributed by atoms with Crippen molar-refractivity contribution in [3.05, 3.63) is 69.7 Å². The van der Waals surface area contributed by atoms with E-state index in [-0.39, 0.29) is 18.2 Å². The molecule has 0 radical (unpaired) electrons. The highest BCUT2D eigenvalue weighted by molar-refractivity contribution is 6.42.